The molecule has 0 bridgehead atoms. The third kappa shape index (κ3) is 3.51. The largest absolute Gasteiger partial charge is 0.493 e. The Labute approximate surface area is 164 Å². The number of nitrogens with zero attached hydrogens (tertiary/aromatic N) is 3. The second-order valence-corrected chi connectivity index (χ2v) is 6.53. The number of halogens is 2. The fraction of sp³-hybridized carbons (Fsp3) is 0.250. The van der Waals surface area contributed by atoms with Crippen molar-refractivity contribution in [1.82, 2.24) is 10.1 Å². The van der Waals surface area contributed by atoms with Crippen LogP contribution in [0.2, 0.25) is 0 Å². The minimum atomic E-state index is -1.01. The van der Waals surface area contributed by atoms with Crippen LogP contribution in [0.25, 0.3) is 11.5 Å². The van der Waals surface area contributed by atoms with E-state index in [2.05, 4.69) is 10.1 Å². The van der Waals surface area contributed by atoms with E-state index in [0.29, 0.717) is 28.6 Å². The average molecular weight is 401 g/mol. The maximum absolute atomic E-state index is 13.5. The van der Waals surface area contributed by atoms with E-state index in [1.54, 1.807) is 18.2 Å². The lowest BCUT2D eigenvalue weighted by molar-refractivity contribution is -0.117. The number of carbonyl (C=O) groups is 1. The van der Waals surface area contributed by atoms with Crippen molar-refractivity contribution in [1.29, 1.82) is 0 Å². The van der Waals surface area contributed by atoms with Crippen LogP contribution in [-0.4, -0.2) is 36.8 Å². The molecule has 1 amide bonds. The van der Waals surface area contributed by atoms with Gasteiger partial charge in [-0.25, -0.2) is 8.78 Å². The molecule has 1 fully saturated rings. The molecule has 1 atom stereocenters. The van der Waals surface area contributed by atoms with Crippen LogP contribution in [0, 0.1) is 11.6 Å². The van der Waals surface area contributed by atoms with Gasteiger partial charge in [0.25, 0.3) is 5.89 Å². The van der Waals surface area contributed by atoms with Gasteiger partial charge < -0.3 is 18.9 Å². The van der Waals surface area contributed by atoms with Crippen LogP contribution in [-0.2, 0) is 4.79 Å². The lowest BCUT2D eigenvalue weighted by Gasteiger charge is -2.16. The zero-order chi connectivity index (χ0) is 20.5. The number of hydrogen-bond donors (Lipinski definition) is 0. The van der Waals surface area contributed by atoms with Gasteiger partial charge in [-0.2, -0.15) is 4.98 Å². The van der Waals surface area contributed by atoms with Crippen LogP contribution in [0.3, 0.4) is 0 Å². The molecule has 1 aliphatic heterocycles. The van der Waals surface area contributed by atoms with Crippen LogP contribution in [0.5, 0.6) is 11.5 Å². The Morgan fingerprint density at radius 3 is 2.59 bits per heavy atom. The highest BCUT2D eigenvalue weighted by molar-refractivity contribution is 5.96. The molecule has 0 saturated carbocycles. The van der Waals surface area contributed by atoms with Gasteiger partial charge in [-0.3, -0.25) is 4.79 Å². The summed E-state index contributed by atoms with van der Waals surface area (Å²) in [4.78, 5) is 18.2. The molecular formula is C20H17F2N3O4. The first kappa shape index (κ1) is 18.9. The second kappa shape index (κ2) is 7.50. The molecule has 0 N–H and O–H groups in total. The number of rotatable bonds is 5. The highest BCUT2D eigenvalue weighted by Gasteiger charge is 2.35. The predicted molar refractivity (Wildman–Crippen MR) is 98.9 cm³/mol. The summed E-state index contributed by atoms with van der Waals surface area (Å²) < 4.78 is 42.5. The summed E-state index contributed by atoms with van der Waals surface area (Å²) in [6, 6.07) is 8.55. The molecule has 0 spiro atoms. The maximum Gasteiger partial charge on any atom is 0.258 e. The van der Waals surface area contributed by atoms with E-state index in [9.17, 15) is 13.6 Å². The Bertz CT molecular complexity index is 1070. The summed E-state index contributed by atoms with van der Waals surface area (Å²) in [5.41, 5.74) is 0.934. The number of methoxy groups -OCH3 is 2. The smallest absolute Gasteiger partial charge is 0.258 e. The molecule has 0 radical (unpaired) electrons. The first-order chi connectivity index (χ1) is 14.0. The van der Waals surface area contributed by atoms with Gasteiger partial charge in [-0.1, -0.05) is 5.16 Å². The molecule has 1 aromatic heterocycles. The Morgan fingerprint density at radius 2 is 1.86 bits per heavy atom. The maximum atomic E-state index is 13.5. The van der Waals surface area contributed by atoms with E-state index >= 15 is 0 Å². The molecule has 150 valence electrons. The topological polar surface area (TPSA) is 77.7 Å². The Balaban J connectivity index is 1.56. The van der Waals surface area contributed by atoms with E-state index < -0.39 is 11.6 Å². The molecule has 1 saturated heterocycles. The highest BCUT2D eigenvalue weighted by atomic mass is 19.2. The monoisotopic (exact) mass is 401 g/mol. The summed E-state index contributed by atoms with van der Waals surface area (Å²) in [6.45, 7) is 0.245. The normalized spacial score (nSPS) is 16.3. The van der Waals surface area contributed by atoms with Crippen molar-refractivity contribution in [3.05, 3.63) is 53.9 Å². The molecule has 29 heavy (non-hydrogen) atoms. The number of benzene rings is 2. The molecular weight excluding hydrogens is 384 g/mol. The number of hydrogen-bond acceptors (Lipinski definition) is 6. The van der Waals surface area contributed by atoms with Crippen LogP contribution in [0.15, 0.2) is 40.9 Å². The van der Waals surface area contributed by atoms with E-state index in [1.807, 2.05) is 0 Å². The fourth-order valence-electron chi connectivity index (χ4n) is 3.27. The van der Waals surface area contributed by atoms with Gasteiger partial charge in [-0.15, -0.1) is 0 Å². The zero-order valence-corrected chi connectivity index (χ0v) is 15.7. The van der Waals surface area contributed by atoms with Crippen LogP contribution in [0.1, 0.15) is 18.2 Å². The van der Waals surface area contributed by atoms with Gasteiger partial charge in [0.1, 0.15) is 0 Å². The second-order valence-electron chi connectivity index (χ2n) is 6.53. The quantitative estimate of drug-likeness (QED) is 0.651. The molecule has 0 aliphatic carbocycles. The number of ether oxygens (including phenoxy) is 2. The van der Waals surface area contributed by atoms with Crippen molar-refractivity contribution >= 4 is 11.6 Å². The molecule has 2 heterocycles. The van der Waals surface area contributed by atoms with Gasteiger partial charge in [0.05, 0.1) is 14.2 Å². The first-order valence-corrected chi connectivity index (χ1v) is 8.81. The number of anilines is 1. The zero-order valence-electron chi connectivity index (χ0n) is 15.7. The van der Waals surface area contributed by atoms with Gasteiger partial charge in [0.15, 0.2) is 29.0 Å². The Kier molecular flexibility index (Phi) is 4.87. The summed E-state index contributed by atoms with van der Waals surface area (Å²) in [5.74, 6) is -0.784. The fourth-order valence-corrected chi connectivity index (χ4v) is 3.27. The van der Waals surface area contributed by atoms with Gasteiger partial charge in [0.2, 0.25) is 5.91 Å². The molecule has 7 nitrogen and oxygen atoms in total. The van der Waals surface area contributed by atoms with Crippen molar-refractivity contribution in [3.8, 4) is 23.0 Å². The SMILES string of the molecule is COc1ccc(-c2nc(C3CC(=O)N(c4ccc(F)c(F)c4)C3)no2)cc1OC. The van der Waals surface area contributed by atoms with Crippen molar-refractivity contribution in [3.63, 3.8) is 0 Å². The predicted octanol–water partition coefficient (Wildman–Crippen LogP) is 3.55. The van der Waals surface area contributed by atoms with Crippen molar-refractivity contribution < 1.29 is 27.6 Å². The van der Waals surface area contributed by atoms with Gasteiger partial charge in [0, 0.05) is 36.2 Å². The molecule has 9 heteroatoms. The third-order valence-electron chi connectivity index (χ3n) is 4.78. The van der Waals surface area contributed by atoms with E-state index in [0.717, 1.165) is 12.1 Å². The minimum Gasteiger partial charge on any atom is -0.493 e. The molecule has 3 aromatic rings. The summed E-state index contributed by atoms with van der Waals surface area (Å²) in [6.07, 6.45) is 0.143. The summed E-state index contributed by atoms with van der Waals surface area (Å²) in [7, 11) is 3.07. The molecule has 2 aromatic carbocycles. The minimum absolute atomic E-state index is 0.143. The van der Waals surface area contributed by atoms with Crippen LogP contribution in [0.4, 0.5) is 14.5 Å². The number of amides is 1. The van der Waals surface area contributed by atoms with Gasteiger partial charge in [-0.05, 0) is 30.3 Å². The lowest BCUT2D eigenvalue weighted by Crippen LogP contribution is -2.24. The molecule has 1 aliphatic rings. The van der Waals surface area contributed by atoms with E-state index in [-0.39, 0.29) is 30.7 Å². The van der Waals surface area contributed by atoms with Crippen LogP contribution < -0.4 is 14.4 Å². The Morgan fingerprint density at radius 1 is 1.07 bits per heavy atom. The van der Waals surface area contributed by atoms with Crippen molar-refractivity contribution in [2.75, 3.05) is 25.7 Å². The van der Waals surface area contributed by atoms with E-state index in [1.165, 1.54) is 25.2 Å². The van der Waals surface area contributed by atoms with Crippen molar-refractivity contribution in [2.24, 2.45) is 0 Å². The molecule has 1 unspecified atom stereocenters. The standard InChI is InChI=1S/C20H17F2N3O4/c1-27-16-6-3-11(7-17(16)28-2)20-23-19(24-29-20)12-8-18(26)25(10-12)13-4-5-14(21)15(22)9-13/h3-7,9,12H,8,10H2,1-2H3. The van der Waals surface area contributed by atoms with Gasteiger partial charge >= 0.3 is 0 Å². The van der Waals surface area contributed by atoms with Crippen LogP contribution >= 0.6 is 0 Å². The Hall–Kier alpha value is -3.49. The highest BCUT2D eigenvalue weighted by Crippen LogP contribution is 2.34. The average Bonchev–Trinajstić information content (AvgIpc) is 3.36. The van der Waals surface area contributed by atoms with E-state index in [4.69, 9.17) is 14.0 Å². The lowest BCUT2D eigenvalue weighted by atomic mass is 10.1. The summed E-state index contributed by atoms with van der Waals surface area (Å²) >= 11 is 0. The first-order valence-electron chi connectivity index (χ1n) is 8.81. The number of carbonyl (C=O) groups excluding carboxylic acids is 1. The van der Waals surface area contributed by atoms with Crippen molar-refractivity contribution in [2.45, 2.75) is 12.3 Å². The summed E-state index contributed by atoms with van der Waals surface area (Å²) in [5, 5.41) is 4.00. The third-order valence-corrected chi connectivity index (χ3v) is 4.78. The number of aromatic nitrogens is 2. The molecule has 4 rings (SSSR count).